The molecule has 0 aromatic rings. The summed E-state index contributed by atoms with van der Waals surface area (Å²) in [5.74, 6) is 0.135. The van der Waals surface area contributed by atoms with E-state index in [9.17, 15) is 5.11 Å². The lowest BCUT2D eigenvalue weighted by Gasteiger charge is -2.42. The molecule has 0 amide bonds. The molecule has 2 fully saturated rings. The zero-order valence-corrected chi connectivity index (χ0v) is 10.2. The topological polar surface area (TPSA) is 68.1 Å². The summed E-state index contributed by atoms with van der Waals surface area (Å²) in [6, 6.07) is 2.29. The molecule has 4 unspecified atom stereocenters. The predicted octanol–water partition coefficient (Wildman–Crippen LogP) is 0.800. The van der Waals surface area contributed by atoms with Crippen molar-refractivity contribution in [2.75, 3.05) is 0 Å². The summed E-state index contributed by atoms with van der Waals surface area (Å²) in [7, 11) is 0. The molecule has 90 valence electrons. The molecule has 0 aromatic heterocycles. The smallest absolute Gasteiger partial charge is 0.124 e. The van der Waals surface area contributed by atoms with Gasteiger partial charge in [-0.2, -0.15) is 5.26 Å². The van der Waals surface area contributed by atoms with Crippen LogP contribution in [0, 0.1) is 23.2 Å². The van der Waals surface area contributed by atoms with Crippen LogP contribution < -0.4 is 10.6 Å². The normalized spacial score (nSPS) is 41.6. The average Bonchev–Trinajstić information content (AvgIpc) is 2.29. The van der Waals surface area contributed by atoms with E-state index in [-0.39, 0.29) is 17.5 Å². The third-order valence-corrected chi connectivity index (χ3v) is 4.01. The lowest BCUT2D eigenvalue weighted by molar-refractivity contribution is 0.0236. The summed E-state index contributed by atoms with van der Waals surface area (Å²) in [5.41, 5.74) is -0.216. The Kier molecular flexibility index (Phi) is 4.09. The number of aliphatic hydroxyl groups is 1. The number of hydrogen-bond donors (Lipinski definition) is 4. The Morgan fingerprint density at radius 1 is 1.19 bits per heavy atom. The maximum absolute atomic E-state index is 9.82. The molecule has 0 spiro atoms. The Morgan fingerprint density at radius 3 is 2.50 bits per heavy atom. The number of hydrogen-bond acceptors (Lipinski definition) is 5. The third-order valence-electron chi connectivity index (χ3n) is 3.71. The average molecular weight is 241 g/mol. The Bertz CT molecular complexity index is 275. The highest BCUT2D eigenvalue weighted by Gasteiger charge is 2.39. The van der Waals surface area contributed by atoms with Gasteiger partial charge in [-0.15, -0.1) is 12.6 Å². The fraction of sp³-hybridized carbons (Fsp3) is 0.909. The quantitative estimate of drug-likeness (QED) is 0.513. The van der Waals surface area contributed by atoms with Crippen LogP contribution in [0.2, 0.25) is 0 Å². The summed E-state index contributed by atoms with van der Waals surface area (Å²) in [4.78, 5) is 0. The molecule has 2 rings (SSSR count). The van der Waals surface area contributed by atoms with E-state index >= 15 is 0 Å². The molecular weight excluding hydrogens is 222 g/mol. The Labute approximate surface area is 102 Å². The van der Waals surface area contributed by atoms with Gasteiger partial charge in [0, 0.05) is 6.04 Å². The van der Waals surface area contributed by atoms with E-state index in [0.717, 1.165) is 12.8 Å². The van der Waals surface area contributed by atoms with E-state index in [2.05, 4.69) is 29.3 Å². The minimum absolute atomic E-state index is 0.0732. The molecule has 1 aliphatic carbocycles. The highest BCUT2D eigenvalue weighted by molar-refractivity contribution is 7.80. The van der Waals surface area contributed by atoms with Gasteiger partial charge in [-0.25, -0.2) is 0 Å². The van der Waals surface area contributed by atoms with Crippen LogP contribution >= 0.6 is 12.6 Å². The second kappa shape index (κ2) is 5.37. The molecule has 0 bridgehead atoms. The Morgan fingerprint density at radius 2 is 1.88 bits per heavy atom. The first-order valence-electron chi connectivity index (χ1n) is 6.00. The van der Waals surface area contributed by atoms with E-state index in [4.69, 9.17) is 5.26 Å². The van der Waals surface area contributed by atoms with Crippen LogP contribution in [0.4, 0.5) is 0 Å². The van der Waals surface area contributed by atoms with Crippen molar-refractivity contribution < 1.29 is 5.11 Å². The van der Waals surface area contributed by atoms with Crippen LogP contribution in [-0.4, -0.2) is 22.9 Å². The van der Waals surface area contributed by atoms with Crippen LogP contribution in [0.3, 0.4) is 0 Å². The van der Waals surface area contributed by atoms with Crippen molar-refractivity contribution in [1.82, 2.24) is 10.6 Å². The van der Waals surface area contributed by atoms with Crippen LogP contribution in [0.1, 0.15) is 32.1 Å². The molecule has 16 heavy (non-hydrogen) atoms. The second-order valence-electron chi connectivity index (χ2n) is 4.76. The molecule has 5 heteroatoms. The van der Waals surface area contributed by atoms with Crippen molar-refractivity contribution >= 4 is 12.6 Å². The minimum Gasteiger partial charge on any atom is -0.377 e. The van der Waals surface area contributed by atoms with Crippen molar-refractivity contribution in [2.45, 2.75) is 49.9 Å². The molecule has 1 aliphatic heterocycles. The fourth-order valence-corrected chi connectivity index (χ4v) is 3.19. The van der Waals surface area contributed by atoms with Crippen LogP contribution in [0.5, 0.6) is 0 Å². The zero-order valence-electron chi connectivity index (χ0n) is 9.26. The number of thiol groups is 1. The first-order chi connectivity index (χ1) is 7.72. The molecule has 4 atom stereocenters. The van der Waals surface area contributed by atoms with E-state index in [1.807, 2.05) is 0 Å². The number of rotatable bonds is 1. The maximum atomic E-state index is 9.82. The summed E-state index contributed by atoms with van der Waals surface area (Å²) in [6.45, 7) is 0. The highest BCUT2D eigenvalue weighted by atomic mass is 32.1. The predicted molar refractivity (Wildman–Crippen MR) is 64.5 cm³/mol. The van der Waals surface area contributed by atoms with Gasteiger partial charge in [-0.1, -0.05) is 19.3 Å². The van der Waals surface area contributed by atoms with Crippen molar-refractivity contribution in [3.8, 4) is 6.07 Å². The van der Waals surface area contributed by atoms with Crippen molar-refractivity contribution in [3.05, 3.63) is 0 Å². The molecule has 1 heterocycles. The molecule has 1 saturated carbocycles. The largest absolute Gasteiger partial charge is 0.377 e. The summed E-state index contributed by atoms with van der Waals surface area (Å²) in [6.07, 6.45) is 5.32. The van der Waals surface area contributed by atoms with Gasteiger partial charge < -0.3 is 5.11 Å². The maximum Gasteiger partial charge on any atom is 0.124 e. The number of aliphatic hydroxyl groups excluding tert-OH is 1. The van der Waals surface area contributed by atoms with Crippen molar-refractivity contribution in [1.29, 1.82) is 5.26 Å². The molecule has 3 N–H and O–H groups in total. The van der Waals surface area contributed by atoms with E-state index in [1.165, 1.54) is 19.3 Å². The summed E-state index contributed by atoms with van der Waals surface area (Å²) < 4.78 is 0. The van der Waals surface area contributed by atoms with Gasteiger partial charge >= 0.3 is 0 Å². The molecule has 2 aliphatic rings. The first kappa shape index (κ1) is 12.2. The van der Waals surface area contributed by atoms with E-state index in [1.54, 1.807) is 0 Å². The van der Waals surface area contributed by atoms with Gasteiger partial charge in [0.2, 0.25) is 0 Å². The lowest BCUT2D eigenvalue weighted by Crippen LogP contribution is -2.63. The van der Waals surface area contributed by atoms with Gasteiger partial charge in [-0.05, 0) is 18.8 Å². The molecule has 0 radical (unpaired) electrons. The molecule has 0 aromatic carbocycles. The number of nitrogens with zero attached hydrogens (tertiary/aromatic N) is 1. The van der Waals surface area contributed by atoms with Gasteiger partial charge in [0.05, 0.1) is 6.07 Å². The number of nitriles is 1. The standard InChI is InChI=1S/C11H19N3OS/c12-6-8-9(7-4-2-1-3-5-7)13-11(16)14-10(8)15/h7-11,13-16H,1-5H2. The van der Waals surface area contributed by atoms with Gasteiger partial charge in [0.15, 0.2) is 0 Å². The monoisotopic (exact) mass is 241 g/mol. The minimum atomic E-state index is -0.763. The van der Waals surface area contributed by atoms with Crippen molar-refractivity contribution in [3.63, 3.8) is 0 Å². The van der Waals surface area contributed by atoms with Crippen LogP contribution in [0.15, 0.2) is 0 Å². The second-order valence-corrected chi connectivity index (χ2v) is 5.28. The van der Waals surface area contributed by atoms with E-state index in [0.29, 0.717) is 5.92 Å². The van der Waals surface area contributed by atoms with Crippen LogP contribution in [0.25, 0.3) is 0 Å². The zero-order chi connectivity index (χ0) is 11.5. The number of nitrogens with one attached hydrogen (secondary N) is 2. The van der Waals surface area contributed by atoms with E-state index < -0.39 is 6.23 Å². The highest BCUT2D eigenvalue weighted by Crippen LogP contribution is 2.32. The SMILES string of the molecule is N#CC1C(O)NC(S)NC1C1CCCCC1. The molecule has 1 saturated heterocycles. The lowest BCUT2D eigenvalue weighted by atomic mass is 9.78. The van der Waals surface area contributed by atoms with Gasteiger partial charge in [0.1, 0.15) is 17.6 Å². The van der Waals surface area contributed by atoms with Gasteiger partial charge in [0.25, 0.3) is 0 Å². The Hall–Kier alpha value is -0.280. The third kappa shape index (κ3) is 2.51. The summed E-state index contributed by atoms with van der Waals surface area (Å²) in [5, 5.41) is 25.1. The fourth-order valence-electron chi connectivity index (χ4n) is 2.87. The molecule has 4 nitrogen and oxygen atoms in total. The first-order valence-corrected chi connectivity index (χ1v) is 6.52. The van der Waals surface area contributed by atoms with Gasteiger partial charge in [-0.3, -0.25) is 10.6 Å². The molecular formula is C11H19N3OS. The summed E-state index contributed by atoms with van der Waals surface area (Å²) >= 11 is 4.29. The van der Waals surface area contributed by atoms with Crippen LogP contribution in [-0.2, 0) is 0 Å². The Balaban J connectivity index is 2.06. The van der Waals surface area contributed by atoms with Crippen molar-refractivity contribution in [2.24, 2.45) is 11.8 Å².